The van der Waals surface area contributed by atoms with Crippen molar-refractivity contribution in [1.82, 2.24) is 5.16 Å². The molecule has 0 unspecified atom stereocenters. The highest BCUT2D eigenvalue weighted by Gasteiger charge is 2.32. The van der Waals surface area contributed by atoms with Gasteiger partial charge in [0.15, 0.2) is 6.04 Å². The van der Waals surface area contributed by atoms with E-state index in [1.165, 1.54) is 21.9 Å². The molecule has 2 heterocycles. The summed E-state index contributed by atoms with van der Waals surface area (Å²) in [7, 11) is 0. The summed E-state index contributed by atoms with van der Waals surface area (Å²) in [5.41, 5.74) is 0.574. The maximum Gasteiger partial charge on any atom is 0.416 e. The monoisotopic (exact) mass is 398 g/mol. The van der Waals surface area contributed by atoms with Crippen molar-refractivity contribution >= 4 is 11.6 Å². The number of quaternary nitrogens is 2. The first-order chi connectivity index (χ1) is 13.2. The van der Waals surface area contributed by atoms with Crippen LogP contribution in [0.4, 0.5) is 18.9 Å². The third-order valence-electron chi connectivity index (χ3n) is 5.19. The fraction of sp³-hybridized carbons (Fsp3) is 0.474. The number of alkyl halides is 3. The smallest absolute Gasteiger partial charge is 0.361 e. The molecule has 1 fully saturated rings. The lowest BCUT2D eigenvalue weighted by atomic mass is 10.1. The number of piperazine rings is 1. The van der Waals surface area contributed by atoms with Gasteiger partial charge in [0.25, 0.3) is 5.91 Å². The van der Waals surface area contributed by atoms with Crippen molar-refractivity contribution < 1.29 is 32.3 Å². The molecule has 1 saturated heterocycles. The molecule has 0 aliphatic carbocycles. The normalized spacial score (nSPS) is 21.3. The Bertz CT molecular complexity index is 796. The second-order valence-electron chi connectivity index (χ2n) is 7.30. The summed E-state index contributed by atoms with van der Waals surface area (Å²) in [5.74, 6) is 0.609. The van der Waals surface area contributed by atoms with E-state index in [4.69, 9.17) is 4.52 Å². The van der Waals surface area contributed by atoms with Crippen molar-refractivity contribution in [3.63, 3.8) is 0 Å². The first-order valence-corrected chi connectivity index (χ1v) is 9.31. The Morgan fingerprint density at radius 2 is 1.86 bits per heavy atom. The van der Waals surface area contributed by atoms with E-state index in [0.717, 1.165) is 56.3 Å². The van der Waals surface area contributed by atoms with E-state index < -0.39 is 11.7 Å². The Kier molecular flexibility index (Phi) is 6.04. The molecule has 0 radical (unpaired) electrons. The van der Waals surface area contributed by atoms with Crippen LogP contribution in [0.1, 0.15) is 23.9 Å². The number of anilines is 1. The molecular weight excluding hydrogens is 373 g/mol. The van der Waals surface area contributed by atoms with Gasteiger partial charge in [0.2, 0.25) is 0 Å². The molecule has 6 nitrogen and oxygen atoms in total. The number of carbonyl (C=O) groups is 1. The summed E-state index contributed by atoms with van der Waals surface area (Å²) in [6, 6.07) is 6.17. The molecule has 152 valence electrons. The van der Waals surface area contributed by atoms with Crippen LogP contribution in [0.3, 0.4) is 0 Å². The van der Waals surface area contributed by atoms with Gasteiger partial charge in [-0.2, -0.15) is 13.2 Å². The zero-order valence-corrected chi connectivity index (χ0v) is 15.9. The zero-order chi connectivity index (χ0) is 20.3. The van der Waals surface area contributed by atoms with Gasteiger partial charge >= 0.3 is 6.18 Å². The Morgan fingerprint density at radius 1 is 1.21 bits per heavy atom. The quantitative estimate of drug-likeness (QED) is 0.680. The zero-order valence-electron chi connectivity index (χ0n) is 15.9. The van der Waals surface area contributed by atoms with Crippen LogP contribution in [0.25, 0.3) is 0 Å². The van der Waals surface area contributed by atoms with Gasteiger partial charge in [-0.15, -0.1) is 0 Å². The highest BCUT2D eigenvalue weighted by atomic mass is 19.4. The molecule has 0 spiro atoms. The number of carbonyl (C=O) groups excluding carboxylic acids is 1. The maximum absolute atomic E-state index is 12.6. The number of benzene rings is 1. The summed E-state index contributed by atoms with van der Waals surface area (Å²) >= 11 is 0. The SMILES string of the molecule is Cc1cc(C[NH+]2CC[NH+]([C@@H](C)C(=O)Nc3ccc(C(F)(F)F)cc3)CC2)no1. The number of hydrogen-bond donors (Lipinski definition) is 3. The first-order valence-electron chi connectivity index (χ1n) is 9.31. The number of aromatic nitrogens is 1. The van der Waals surface area contributed by atoms with E-state index in [1.807, 2.05) is 19.9 Å². The molecule has 0 saturated carbocycles. The number of nitrogens with one attached hydrogen (secondary N) is 3. The van der Waals surface area contributed by atoms with Crippen molar-refractivity contribution in [3.8, 4) is 0 Å². The molecule has 1 amide bonds. The molecule has 3 N–H and O–H groups in total. The number of aryl methyl sites for hydroxylation is 1. The van der Waals surface area contributed by atoms with Gasteiger partial charge < -0.3 is 19.6 Å². The topological polar surface area (TPSA) is 64.0 Å². The molecule has 1 atom stereocenters. The third kappa shape index (κ3) is 5.11. The highest BCUT2D eigenvalue weighted by Crippen LogP contribution is 2.29. The lowest BCUT2D eigenvalue weighted by Gasteiger charge is -2.32. The van der Waals surface area contributed by atoms with Gasteiger partial charge in [0.05, 0.1) is 5.56 Å². The molecule has 2 aromatic rings. The molecular formula is C19H25F3N4O2+2. The minimum atomic E-state index is -4.38. The van der Waals surface area contributed by atoms with Gasteiger partial charge in [-0.1, -0.05) is 5.16 Å². The van der Waals surface area contributed by atoms with E-state index in [2.05, 4.69) is 10.5 Å². The predicted octanol–water partition coefficient (Wildman–Crippen LogP) is 0.312. The van der Waals surface area contributed by atoms with Crippen LogP contribution < -0.4 is 15.1 Å². The second kappa shape index (κ2) is 8.32. The van der Waals surface area contributed by atoms with Gasteiger partial charge in [-0.3, -0.25) is 4.79 Å². The van der Waals surface area contributed by atoms with Crippen molar-refractivity contribution in [2.45, 2.75) is 32.6 Å². The van der Waals surface area contributed by atoms with Crippen LogP contribution in [-0.4, -0.2) is 43.3 Å². The summed E-state index contributed by atoms with van der Waals surface area (Å²) in [6.07, 6.45) is -4.38. The van der Waals surface area contributed by atoms with Crippen molar-refractivity contribution in [3.05, 3.63) is 47.3 Å². The number of hydrogen-bond acceptors (Lipinski definition) is 3. The van der Waals surface area contributed by atoms with Crippen molar-refractivity contribution in [2.24, 2.45) is 0 Å². The number of rotatable bonds is 5. The maximum atomic E-state index is 12.6. The summed E-state index contributed by atoms with van der Waals surface area (Å²) in [5, 5.41) is 6.74. The molecule has 1 aliphatic heterocycles. The van der Waals surface area contributed by atoms with Gasteiger partial charge in [-0.25, -0.2) is 0 Å². The first kappa shape index (κ1) is 20.3. The minimum Gasteiger partial charge on any atom is -0.361 e. The van der Waals surface area contributed by atoms with Crippen LogP contribution in [0.2, 0.25) is 0 Å². The summed E-state index contributed by atoms with van der Waals surface area (Å²) in [4.78, 5) is 15.1. The molecule has 1 aliphatic rings. The molecule has 1 aromatic heterocycles. The van der Waals surface area contributed by atoms with Gasteiger partial charge in [0.1, 0.15) is 44.2 Å². The minimum absolute atomic E-state index is 0.190. The molecule has 3 rings (SSSR count). The van der Waals surface area contributed by atoms with Crippen LogP contribution in [0, 0.1) is 6.92 Å². The Morgan fingerprint density at radius 3 is 2.39 bits per heavy atom. The third-order valence-corrected chi connectivity index (χ3v) is 5.19. The Labute approximate surface area is 161 Å². The van der Waals surface area contributed by atoms with Crippen LogP contribution in [0.5, 0.6) is 0 Å². The van der Waals surface area contributed by atoms with Gasteiger partial charge in [-0.05, 0) is 38.1 Å². The number of nitrogens with zero attached hydrogens (tertiary/aromatic N) is 1. The number of halogens is 3. The summed E-state index contributed by atoms with van der Waals surface area (Å²) < 4.78 is 43.0. The fourth-order valence-corrected chi connectivity index (χ4v) is 3.47. The highest BCUT2D eigenvalue weighted by molar-refractivity contribution is 5.93. The molecule has 0 bridgehead atoms. The van der Waals surface area contributed by atoms with Crippen LogP contribution >= 0.6 is 0 Å². The lowest BCUT2D eigenvalue weighted by Crippen LogP contribution is -3.29. The molecule has 9 heteroatoms. The second-order valence-corrected chi connectivity index (χ2v) is 7.30. The van der Waals surface area contributed by atoms with Crippen LogP contribution in [0.15, 0.2) is 34.9 Å². The van der Waals surface area contributed by atoms with Crippen molar-refractivity contribution in [1.29, 1.82) is 0 Å². The largest absolute Gasteiger partial charge is 0.416 e. The molecule has 28 heavy (non-hydrogen) atoms. The number of amides is 1. The van der Waals surface area contributed by atoms with Crippen molar-refractivity contribution in [2.75, 3.05) is 31.5 Å². The average Bonchev–Trinajstić information content (AvgIpc) is 3.06. The average molecular weight is 398 g/mol. The van der Waals surface area contributed by atoms with E-state index >= 15 is 0 Å². The van der Waals surface area contributed by atoms with Crippen LogP contribution in [-0.2, 0) is 17.5 Å². The van der Waals surface area contributed by atoms with Gasteiger partial charge in [0, 0.05) is 11.8 Å². The van der Waals surface area contributed by atoms with E-state index in [-0.39, 0.29) is 11.9 Å². The standard InChI is InChI=1S/C19H23F3N4O2/c1-13-11-17(24-28-13)12-25-7-9-26(10-8-25)14(2)18(27)23-16-5-3-15(4-6-16)19(20,21)22/h3-6,11,14H,7-10,12H2,1-2H3,(H,23,27)/p+2/t14-/m0/s1. The molecule has 1 aromatic carbocycles. The lowest BCUT2D eigenvalue weighted by molar-refractivity contribution is -1.02. The Balaban J connectivity index is 1.49. The Hall–Kier alpha value is -2.39. The van der Waals surface area contributed by atoms with E-state index in [9.17, 15) is 18.0 Å². The van der Waals surface area contributed by atoms with E-state index in [0.29, 0.717) is 5.69 Å². The predicted molar refractivity (Wildman–Crippen MR) is 95.9 cm³/mol. The van der Waals surface area contributed by atoms with E-state index in [1.54, 1.807) is 0 Å². The fourth-order valence-electron chi connectivity index (χ4n) is 3.47. The summed E-state index contributed by atoms with van der Waals surface area (Å²) in [6.45, 7) is 8.03.